The zero-order valence-corrected chi connectivity index (χ0v) is 22.6. The molecule has 1 aromatic carbocycles. The fraction of sp³-hybridized carbons (Fsp3) is 0.522. The van der Waals surface area contributed by atoms with Crippen LogP contribution in [0.15, 0.2) is 34.3 Å². The summed E-state index contributed by atoms with van der Waals surface area (Å²) in [4.78, 5) is 24.2. The second-order valence-electron chi connectivity index (χ2n) is 9.65. The minimum atomic E-state index is -3.73. The van der Waals surface area contributed by atoms with E-state index in [9.17, 15) is 13.2 Å². The summed E-state index contributed by atoms with van der Waals surface area (Å²) < 4.78 is 26.9. The Morgan fingerprint density at radius 2 is 1.97 bits per heavy atom. The van der Waals surface area contributed by atoms with Gasteiger partial charge in [0, 0.05) is 18.0 Å². The van der Waals surface area contributed by atoms with Crippen LogP contribution >= 0.6 is 23.4 Å². The van der Waals surface area contributed by atoms with Gasteiger partial charge >= 0.3 is 6.03 Å². The van der Waals surface area contributed by atoms with Gasteiger partial charge in [0.2, 0.25) is 10.0 Å². The van der Waals surface area contributed by atoms with Crippen molar-refractivity contribution in [3.8, 4) is 0 Å². The molecule has 2 fully saturated rings. The van der Waals surface area contributed by atoms with E-state index in [1.807, 2.05) is 0 Å². The first kappa shape index (κ1) is 26.8. The summed E-state index contributed by atoms with van der Waals surface area (Å²) in [5.74, 6) is 0.997. The van der Waals surface area contributed by atoms with Gasteiger partial charge in [0.1, 0.15) is 10.8 Å². The Morgan fingerprint density at radius 1 is 1.28 bits per heavy atom. The van der Waals surface area contributed by atoms with Crippen molar-refractivity contribution in [3.05, 3.63) is 29.4 Å². The molecular formula is C23H32ClN7O3S2. The number of anilines is 3. The summed E-state index contributed by atoms with van der Waals surface area (Å²) in [6, 6.07) is 4.22. The molecule has 0 spiro atoms. The maximum absolute atomic E-state index is 12.4. The van der Waals surface area contributed by atoms with Crippen LogP contribution in [0.2, 0.25) is 5.02 Å². The van der Waals surface area contributed by atoms with Crippen molar-refractivity contribution in [2.45, 2.75) is 60.6 Å². The van der Waals surface area contributed by atoms with Gasteiger partial charge in [-0.15, -0.1) is 0 Å². The van der Waals surface area contributed by atoms with E-state index in [2.05, 4.69) is 31.8 Å². The van der Waals surface area contributed by atoms with E-state index in [0.717, 1.165) is 44.6 Å². The normalized spacial score (nSPS) is 18.2. The molecule has 36 heavy (non-hydrogen) atoms. The Hall–Kier alpha value is -2.28. The number of rotatable bonds is 7. The Balaban J connectivity index is 1.42. The van der Waals surface area contributed by atoms with E-state index in [-0.39, 0.29) is 21.9 Å². The summed E-state index contributed by atoms with van der Waals surface area (Å²) in [5.41, 5.74) is 12.6. The molecular weight excluding hydrogens is 522 g/mol. The Morgan fingerprint density at radius 3 is 2.61 bits per heavy atom. The molecule has 10 nitrogen and oxygen atoms in total. The average Bonchev–Trinajstić information content (AvgIpc) is 3.39. The molecule has 2 heterocycles. The molecule has 2 amide bonds. The predicted octanol–water partition coefficient (Wildman–Crippen LogP) is 3.82. The SMILES string of the molecule is CC1(CN)CCN(c2cnc(Sc3cccc(NC(=O)NS(=O)(=O)C4CCCC4)c3Cl)c(N)n2)CC1. The van der Waals surface area contributed by atoms with E-state index < -0.39 is 21.3 Å². The monoisotopic (exact) mass is 553 g/mol. The first-order chi connectivity index (χ1) is 17.1. The highest BCUT2D eigenvalue weighted by atomic mass is 35.5. The summed E-state index contributed by atoms with van der Waals surface area (Å²) in [7, 11) is -3.73. The van der Waals surface area contributed by atoms with Crippen LogP contribution < -0.4 is 26.4 Å². The maximum Gasteiger partial charge on any atom is 0.332 e. The van der Waals surface area contributed by atoms with Crippen LogP contribution in [0.4, 0.5) is 22.1 Å². The van der Waals surface area contributed by atoms with Crippen LogP contribution in [-0.2, 0) is 10.0 Å². The van der Waals surface area contributed by atoms with Crippen LogP contribution in [-0.4, -0.2) is 49.3 Å². The first-order valence-corrected chi connectivity index (χ1v) is 14.7. The molecule has 1 aliphatic carbocycles. The number of nitrogens with two attached hydrogens (primary N) is 2. The van der Waals surface area contributed by atoms with Crippen LogP contribution in [0, 0.1) is 5.41 Å². The zero-order valence-electron chi connectivity index (χ0n) is 20.2. The predicted molar refractivity (Wildman–Crippen MR) is 144 cm³/mol. The molecule has 1 aliphatic heterocycles. The third-order valence-corrected chi connectivity index (χ3v) is 10.3. The van der Waals surface area contributed by atoms with E-state index in [4.69, 9.17) is 23.1 Å². The van der Waals surface area contributed by atoms with Gasteiger partial charge in [0.05, 0.1) is 22.2 Å². The maximum atomic E-state index is 12.4. The highest BCUT2D eigenvalue weighted by Gasteiger charge is 2.31. The summed E-state index contributed by atoms with van der Waals surface area (Å²) >= 11 is 7.75. The molecule has 13 heteroatoms. The number of amides is 2. The summed E-state index contributed by atoms with van der Waals surface area (Å²) in [5, 5.41) is 2.73. The average molecular weight is 554 g/mol. The number of hydrogen-bond acceptors (Lipinski definition) is 9. The molecule has 4 rings (SSSR count). The molecule has 6 N–H and O–H groups in total. The Kier molecular flexibility index (Phi) is 8.18. The number of sulfonamides is 1. The molecule has 2 aromatic rings. The van der Waals surface area contributed by atoms with E-state index in [0.29, 0.717) is 29.3 Å². The lowest BCUT2D eigenvalue weighted by atomic mass is 9.80. The van der Waals surface area contributed by atoms with Crippen molar-refractivity contribution in [1.29, 1.82) is 0 Å². The fourth-order valence-corrected chi connectivity index (χ4v) is 6.97. The number of piperidine rings is 1. The molecule has 1 saturated carbocycles. The van der Waals surface area contributed by atoms with Gasteiger partial charge in [0.15, 0.2) is 5.82 Å². The number of aromatic nitrogens is 2. The van der Waals surface area contributed by atoms with Crippen molar-refractivity contribution in [1.82, 2.24) is 14.7 Å². The smallest absolute Gasteiger partial charge is 0.332 e. The number of carbonyl (C=O) groups excluding carboxylic acids is 1. The lowest BCUT2D eigenvalue weighted by Gasteiger charge is -2.39. The van der Waals surface area contributed by atoms with Crippen LogP contribution in [0.1, 0.15) is 45.4 Å². The number of urea groups is 1. The number of nitrogens with one attached hydrogen (secondary N) is 2. The van der Waals surface area contributed by atoms with Crippen molar-refractivity contribution < 1.29 is 13.2 Å². The first-order valence-electron chi connectivity index (χ1n) is 12.0. The van der Waals surface area contributed by atoms with Crippen LogP contribution in [0.3, 0.4) is 0 Å². The van der Waals surface area contributed by atoms with Gasteiger partial charge in [-0.2, -0.15) is 0 Å². The molecule has 1 aromatic heterocycles. The largest absolute Gasteiger partial charge is 0.381 e. The zero-order chi connectivity index (χ0) is 25.9. The molecule has 0 atom stereocenters. The number of carbonyl (C=O) groups is 1. The fourth-order valence-electron chi connectivity index (χ4n) is 4.44. The number of hydrogen-bond donors (Lipinski definition) is 4. The minimum absolute atomic E-state index is 0.151. The number of halogens is 1. The van der Waals surface area contributed by atoms with Gasteiger partial charge in [-0.25, -0.2) is 27.9 Å². The van der Waals surface area contributed by atoms with E-state index >= 15 is 0 Å². The van der Waals surface area contributed by atoms with Crippen molar-refractivity contribution >= 4 is 56.7 Å². The summed E-state index contributed by atoms with van der Waals surface area (Å²) in [6.45, 7) is 4.55. The summed E-state index contributed by atoms with van der Waals surface area (Å²) in [6.07, 6.45) is 6.46. The van der Waals surface area contributed by atoms with Crippen LogP contribution in [0.25, 0.3) is 0 Å². The number of nitrogens with zero attached hydrogens (tertiary/aromatic N) is 3. The highest BCUT2D eigenvalue weighted by molar-refractivity contribution is 7.99. The second kappa shape index (κ2) is 11.0. The molecule has 0 radical (unpaired) electrons. The van der Waals surface area contributed by atoms with Gasteiger partial charge in [0.25, 0.3) is 0 Å². The Labute approximate surface area is 221 Å². The lowest BCUT2D eigenvalue weighted by molar-refractivity contribution is 0.256. The van der Waals surface area contributed by atoms with Crippen LogP contribution in [0.5, 0.6) is 0 Å². The van der Waals surface area contributed by atoms with Crippen molar-refractivity contribution in [3.63, 3.8) is 0 Å². The van der Waals surface area contributed by atoms with Crippen molar-refractivity contribution in [2.24, 2.45) is 11.1 Å². The van der Waals surface area contributed by atoms with Gasteiger partial charge in [-0.05, 0) is 49.8 Å². The number of benzene rings is 1. The molecule has 196 valence electrons. The quantitative estimate of drug-likeness (QED) is 0.400. The number of nitrogen functional groups attached to an aromatic ring is 1. The van der Waals surface area contributed by atoms with Gasteiger partial charge < -0.3 is 21.7 Å². The third kappa shape index (κ3) is 6.16. The lowest BCUT2D eigenvalue weighted by Crippen LogP contribution is -2.42. The van der Waals surface area contributed by atoms with E-state index in [1.165, 1.54) is 11.8 Å². The topological polar surface area (TPSA) is 156 Å². The minimum Gasteiger partial charge on any atom is -0.381 e. The van der Waals surface area contributed by atoms with Gasteiger partial charge in [-0.1, -0.05) is 49.2 Å². The van der Waals surface area contributed by atoms with Gasteiger partial charge in [-0.3, -0.25) is 0 Å². The van der Waals surface area contributed by atoms with E-state index in [1.54, 1.807) is 24.4 Å². The highest BCUT2D eigenvalue weighted by Crippen LogP contribution is 2.39. The molecule has 2 aliphatic rings. The molecule has 1 saturated heterocycles. The third-order valence-electron chi connectivity index (χ3n) is 6.93. The van der Waals surface area contributed by atoms with Crippen molar-refractivity contribution in [2.75, 3.05) is 35.6 Å². The Bertz CT molecular complexity index is 1210. The molecule has 0 unspecified atom stereocenters. The molecule has 0 bridgehead atoms. The second-order valence-corrected chi connectivity index (χ2v) is 13.0. The standard InChI is InChI=1S/C23H32ClN7O3S2/c1-23(14-25)9-11-31(12-10-23)18-13-27-21(20(26)29-18)35-17-8-4-7-16(19(17)24)28-22(32)30-36(33,34)15-5-2-3-6-15/h4,7-8,13,15H,2-3,5-6,9-12,14,25H2,1H3,(H2,26,29)(H2,28,30,32).